The molecular weight excluding hydrogens is 282 g/mol. The summed E-state index contributed by atoms with van der Waals surface area (Å²) >= 11 is 0. The van der Waals surface area contributed by atoms with Crippen LogP contribution < -0.4 is 5.32 Å². The summed E-state index contributed by atoms with van der Waals surface area (Å²) in [5.74, 6) is 0. The SMILES string of the molecule is COC(CCNCC=C(C)C)(c1ccccc1)c1ccccc1. The summed E-state index contributed by atoms with van der Waals surface area (Å²) in [7, 11) is 1.80. The molecule has 2 aromatic rings. The first-order valence-corrected chi connectivity index (χ1v) is 8.19. The highest BCUT2D eigenvalue weighted by Gasteiger charge is 2.33. The van der Waals surface area contributed by atoms with E-state index in [0.717, 1.165) is 19.5 Å². The third-order valence-electron chi connectivity index (χ3n) is 4.14. The van der Waals surface area contributed by atoms with Crippen LogP contribution in [0.2, 0.25) is 0 Å². The average Bonchev–Trinajstić information content (AvgIpc) is 2.60. The lowest BCUT2D eigenvalue weighted by Gasteiger charge is -2.34. The predicted octanol–water partition coefficient (Wildman–Crippen LogP) is 4.52. The fourth-order valence-corrected chi connectivity index (χ4v) is 2.85. The molecule has 0 saturated heterocycles. The molecule has 23 heavy (non-hydrogen) atoms. The molecule has 0 radical (unpaired) electrons. The molecule has 0 heterocycles. The molecular formula is C21H27NO. The molecule has 0 aliphatic heterocycles. The van der Waals surface area contributed by atoms with E-state index in [2.05, 4.69) is 73.8 Å². The maximum Gasteiger partial charge on any atom is 0.119 e. The van der Waals surface area contributed by atoms with Gasteiger partial charge in [0.2, 0.25) is 0 Å². The van der Waals surface area contributed by atoms with Gasteiger partial charge in [-0.2, -0.15) is 0 Å². The zero-order valence-corrected chi connectivity index (χ0v) is 14.4. The molecule has 0 amide bonds. The smallest absolute Gasteiger partial charge is 0.119 e. The molecule has 0 bridgehead atoms. The molecule has 0 saturated carbocycles. The summed E-state index contributed by atoms with van der Waals surface area (Å²) in [6.07, 6.45) is 3.09. The molecule has 0 unspecified atom stereocenters. The van der Waals surface area contributed by atoms with Crippen LogP contribution in [0.5, 0.6) is 0 Å². The van der Waals surface area contributed by atoms with Crippen molar-refractivity contribution in [3.63, 3.8) is 0 Å². The Hall–Kier alpha value is -1.90. The second kappa shape index (κ2) is 8.66. The van der Waals surface area contributed by atoms with Gasteiger partial charge < -0.3 is 10.1 Å². The van der Waals surface area contributed by atoms with Crippen molar-refractivity contribution in [2.75, 3.05) is 20.2 Å². The minimum Gasteiger partial charge on any atom is -0.369 e. The van der Waals surface area contributed by atoms with E-state index < -0.39 is 5.60 Å². The summed E-state index contributed by atoms with van der Waals surface area (Å²) in [6, 6.07) is 21.0. The Morgan fingerprint density at radius 3 is 1.91 bits per heavy atom. The lowest BCUT2D eigenvalue weighted by atomic mass is 9.83. The van der Waals surface area contributed by atoms with Crippen molar-refractivity contribution in [2.45, 2.75) is 25.9 Å². The van der Waals surface area contributed by atoms with Crippen LogP contribution in [0.25, 0.3) is 0 Å². The van der Waals surface area contributed by atoms with Crippen LogP contribution in [0, 0.1) is 0 Å². The largest absolute Gasteiger partial charge is 0.369 e. The van der Waals surface area contributed by atoms with Crippen LogP contribution in [0.15, 0.2) is 72.3 Å². The van der Waals surface area contributed by atoms with Crippen LogP contribution in [0.3, 0.4) is 0 Å². The highest BCUT2D eigenvalue weighted by atomic mass is 16.5. The first-order chi connectivity index (χ1) is 11.2. The number of ether oxygens (including phenoxy) is 1. The van der Waals surface area contributed by atoms with E-state index in [-0.39, 0.29) is 0 Å². The summed E-state index contributed by atoms with van der Waals surface area (Å²) < 4.78 is 6.08. The number of methoxy groups -OCH3 is 1. The topological polar surface area (TPSA) is 21.3 Å². The van der Waals surface area contributed by atoms with Crippen molar-refractivity contribution in [1.29, 1.82) is 0 Å². The van der Waals surface area contributed by atoms with Crippen molar-refractivity contribution < 1.29 is 4.74 Å². The Kier molecular flexibility index (Phi) is 6.57. The molecule has 2 aromatic carbocycles. The molecule has 2 rings (SSSR count). The quantitative estimate of drug-likeness (QED) is 0.572. The predicted molar refractivity (Wildman–Crippen MR) is 97.6 cm³/mol. The molecule has 0 aromatic heterocycles. The minimum absolute atomic E-state index is 0.416. The van der Waals surface area contributed by atoms with Crippen molar-refractivity contribution in [2.24, 2.45) is 0 Å². The Morgan fingerprint density at radius 2 is 1.48 bits per heavy atom. The van der Waals surface area contributed by atoms with Crippen molar-refractivity contribution in [3.8, 4) is 0 Å². The molecule has 2 nitrogen and oxygen atoms in total. The van der Waals surface area contributed by atoms with Crippen LogP contribution in [0.1, 0.15) is 31.4 Å². The van der Waals surface area contributed by atoms with Crippen LogP contribution in [-0.2, 0) is 10.3 Å². The van der Waals surface area contributed by atoms with E-state index in [1.165, 1.54) is 16.7 Å². The average molecular weight is 309 g/mol. The number of rotatable bonds is 8. The highest BCUT2D eigenvalue weighted by molar-refractivity contribution is 5.36. The molecule has 0 fully saturated rings. The van der Waals surface area contributed by atoms with Gasteiger partial charge in [0.15, 0.2) is 0 Å². The monoisotopic (exact) mass is 309 g/mol. The van der Waals surface area contributed by atoms with Gasteiger partial charge in [-0.05, 0) is 37.9 Å². The molecule has 0 aliphatic carbocycles. The lowest BCUT2D eigenvalue weighted by Crippen LogP contribution is -2.34. The van der Waals surface area contributed by atoms with Gasteiger partial charge in [-0.25, -0.2) is 0 Å². The second-order valence-electron chi connectivity index (χ2n) is 6.00. The van der Waals surface area contributed by atoms with Gasteiger partial charge in [0, 0.05) is 13.7 Å². The van der Waals surface area contributed by atoms with Gasteiger partial charge in [-0.15, -0.1) is 0 Å². The Bertz CT molecular complexity index is 561. The number of hydrogen-bond acceptors (Lipinski definition) is 2. The zero-order chi connectivity index (χ0) is 16.5. The van der Waals surface area contributed by atoms with Gasteiger partial charge in [-0.1, -0.05) is 72.3 Å². The van der Waals surface area contributed by atoms with Crippen LogP contribution >= 0.6 is 0 Å². The van der Waals surface area contributed by atoms with Gasteiger partial charge in [0.05, 0.1) is 0 Å². The molecule has 122 valence electrons. The normalized spacial score (nSPS) is 11.3. The number of nitrogens with one attached hydrogen (secondary N) is 1. The Morgan fingerprint density at radius 1 is 0.957 bits per heavy atom. The van der Waals surface area contributed by atoms with Crippen LogP contribution in [-0.4, -0.2) is 20.2 Å². The van der Waals surface area contributed by atoms with Crippen molar-refractivity contribution in [3.05, 3.63) is 83.4 Å². The third kappa shape index (κ3) is 4.54. The van der Waals surface area contributed by atoms with E-state index in [9.17, 15) is 0 Å². The molecule has 0 atom stereocenters. The minimum atomic E-state index is -0.416. The van der Waals surface area contributed by atoms with Gasteiger partial charge in [-0.3, -0.25) is 0 Å². The van der Waals surface area contributed by atoms with E-state index in [0.29, 0.717) is 0 Å². The van der Waals surface area contributed by atoms with E-state index >= 15 is 0 Å². The van der Waals surface area contributed by atoms with E-state index in [1.807, 2.05) is 12.1 Å². The number of allylic oxidation sites excluding steroid dienone is 1. The molecule has 2 heteroatoms. The highest BCUT2D eigenvalue weighted by Crippen LogP contribution is 2.36. The lowest BCUT2D eigenvalue weighted by molar-refractivity contribution is 0.0149. The molecule has 1 N–H and O–H groups in total. The molecule has 0 aliphatic rings. The summed E-state index contributed by atoms with van der Waals surface area (Å²) in [5, 5.41) is 3.49. The first kappa shape index (κ1) is 17.5. The fourth-order valence-electron chi connectivity index (χ4n) is 2.85. The molecule has 0 spiro atoms. The third-order valence-corrected chi connectivity index (χ3v) is 4.14. The second-order valence-corrected chi connectivity index (χ2v) is 6.00. The van der Waals surface area contributed by atoms with Crippen molar-refractivity contribution in [1.82, 2.24) is 5.32 Å². The number of hydrogen-bond donors (Lipinski definition) is 1. The van der Waals surface area contributed by atoms with E-state index in [1.54, 1.807) is 7.11 Å². The zero-order valence-electron chi connectivity index (χ0n) is 14.4. The van der Waals surface area contributed by atoms with Gasteiger partial charge in [0.1, 0.15) is 5.60 Å². The van der Waals surface area contributed by atoms with Gasteiger partial charge in [0.25, 0.3) is 0 Å². The van der Waals surface area contributed by atoms with Crippen molar-refractivity contribution >= 4 is 0 Å². The fraction of sp³-hybridized carbons (Fsp3) is 0.333. The summed E-state index contributed by atoms with van der Waals surface area (Å²) in [5.41, 5.74) is 3.30. The summed E-state index contributed by atoms with van der Waals surface area (Å²) in [6.45, 7) is 6.03. The first-order valence-electron chi connectivity index (χ1n) is 8.19. The Labute approximate surface area is 140 Å². The standard InChI is InChI=1S/C21H27NO/c1-18(2)14-16-22-17-15-21(23-3,19-10-6-4-7-11-19)20-12-8-5-9-13-20/h4-14,22H,15-17H2,1-3H3. The number of benzene rings is 2. The van der Waals surface area contributed by atoms with Gasteiger partial charge >= 0.3 is 0 Å². The summed E-state index contributed by atoms with van der Waals surface area (Å²) in [4.78, 5) is 0. The Balaban J connectivity index is 2.23. The van der Waals surface area contributed by atoms with Crippen LogP contribution in [0.4, 0.5) is 0 Å². The van der Waals surface area contributed by atoms with E-state index in [4.69, 9.17) is 4.74 Å². The maximum atomic E-state index is 6.08. The maximum absolute atomic E-state index is 6.08.